The first-order chi connectivity index (χ1) is 4.29. The maximum Gasteiger partial charge on any atom is 0.322 e. The van der Waals surface area contributed by atoms with Crippen molar-refractivity contribution in [3.8, 4) is 0 Å². The number of rotatable bonds is 2. The molecule has 1 rings (SSSR count). The van der Waals surface area contributed by atoms with Gasteiger partial charge in [0.05, 0.1) is 0 Å². The molecule has 0 aromatic carbocycles. The number of hydrogen-bond acceptors (Lipinski definition) is 3. The summed E-state index contributed by atoms with van der Waals surface area (Å²) in [5, 5.41) is 3.50. The molecule has 48 valence electrons. The van der Waals surface area contributed by atoms with Crippen LogP contribution < -0.4 is 0 Å². The van der Waals surface area contributed by atoms with Crippen molar-refractivity contribution in [2.45, 2.75) is 6.54 Å². The molecule has 0 spiro atoms. The van der Waals surface area contributed by atoms with Crippen molar-refractivity contribution in [1.82, 2.24) is 14.8 Å². The third-order valence-corrected chi connectivity index (χ3v) is 0.753. The number of carbonyl (C=O) groups excluding carboxylic acids is 1. The molecule has 0 N–H and O–H groups in total. The number of hydrogen-bond donors (Lipinski definition) is 0. The van der Waals surface area contributed by atoms with Crippen LogP contribution in [0.1, 0.15) is 0 Å². The second-order valence-corrected chi connectivity index (χ2v) is 1.45. The summed E-state index contributed by atoms with van der Waals surface area (Å²) in [6.07, 6.45) is 2.51. The van der Waals surface area contributed by atoms with Gasteiger partial charge in [0.2, 0.25) is 0 Å². The van der Waals surface area contributed by atoms with E-state index in [-0.39, 0.29) is 6.54 Å². The Balaban J connectivity index is 2.58. The maximum absolute atomic E-state index is 11.5. The molecule has 1 aromatic heterocycles. The Morgan fingerprint density at radius 2 is 2.56 bits per heavy atom. The highest BCUT2D eigenvalue weighted by Gasteiger charge is 1.97. The molecule has 9 heavy (non-hydrogen) atoms. The van der Waals surface area contributed by atoms with E-state index >= 15 is 0 Å². The number of carbonyl (C=O) groups is 1. The van der Waals surface area contributed by atoms with E-state index in [0.717, 1.165) is 4.68 Å². The zero-order valence-corrected chi connectivity index (χ0v) is 4.49. The largest absolute Gasteiger partial charge is 0.322 e. The van der Waals surface area contributed by atoms with Gasteiger partial charge in [0.25, 0.3) is 0 Å². The first kappa shape index (κ1) is 5.87. The molecule has 0 aliphatic carbocycles. The van der Waals surface area contributed by atoms with Gasteiger partial charge in [0.1, 0.15) is 19.2 Å². The molecule has 1 aromatic rings. The van der Waals surface area contributed by atoms with Gasteiger partial charge in [-0.2, -0.15) is 9.49 Å². The SMILES string of the molecule is O=C(F)Cn1cncn1. The van der Waals surface area contributed by atoms with Crippen LogP contribution in [0.15, 0.2) is 12.7 Å². The van der Waals surface area contributed by atoms with Gasteiger partial charge in [-0.25, -0.2) is 9.67 Å². The Hall–Kier alpha value is -1.26. The zero-order valence-electron chi connectivity index (χ0n) is 4.49. The molecule has 0 aliphatic rings. The summed E-state index contributed by atoms with van der Waals surface area (Å²) < 4.78 is 12.7. The van der Waals surface area contributed by atoms with E-state index in [1.807, 2.05) is 0 Å². The first-order valence-corrected chi connectivity index (χ1v) is 2.30. The van der Waals surface area contributed by atoms with Crippen LogP contribution in [-0.4, -0.2) is 20.8 Å². The van der Waals surface area contributed by atoms with Gasteiger partial charge in [0, 0.05) is 0 Å². The molecule has 0 radical (unpaired) electrons. The summed E-state index contributed by atoms with van der Waals surface area (Å²) in [6, 6.07) is -1.42. The van der Waals surface area contributed by atoms with Gasteiger partial charge in [0.15, 0.2) is 0 Å². The van der Waals surface area contributed by atoms with Crippen LogP contribution in [0.3, 0.4) is 0 Å². The Morgan fingerprint density at radius 3 is 3.00 bits per heavy atom. The fraction of sp³-hybridized carbons (Fsp3) is 0.250. The minimum absolute atomic E-state index is 0.347. The maximum atomic E-state index is 11.5. The Bertz CT molecular complexity index is 196. The molecular formula is C4H4FN3O. The van der Waals surface area contributed by atoms with Crippen LogP contribution in [0.25, 0.3) is 0 Å². The van der Waals surface area contributed by atoms with Gasteiger partial charge >= 0.3 is 6.04 Å². The summed E-state index contributed by atoms with van der Waals surface area (Å²) in [6.45, 7) is -0.347. The lowest BCUT2D eigenvalue weighted by Crippen LogP contribution is -2.04. The monoisotopic (exact) mass is 129 g/mol. The predicted octanol–water partition coefficient (Wildman–Crippen LogP) is -0.226. The molecule has 0 saturated carbocycles. The average Bonchev–Trinajstić information content (AvgIpc) is 2.15. The second kappa shape index (κ2) is 2.34. The average molecular weight is 129 g/mol. The molecule has 0 amide bonds. The third kappa shape index (κ3) is 1.60. The van der Waals surface area contributed by atoms with Crippen LogP contribution in [0.2, 0.25) is 0 Å². The van der Waals surface area contributed by atoms with Crippen molar-refractivity contribution in [3.05, 3.63) is 12.7 Å². The van der Waals surface area contributed by atoms with Crippen molar-refractivity contribution in [3.63, 3.8) is 0 Å². The van der Waals surface area contributed by atoms with Crippen LogP contribution in [0.5, 0.6) is 0 Å². The van der Waals surface area contributed by atoms with Gasteiger partial charge in [-0.05, 0) is 0 Å². The van der Waals surface area contributed by atoms with E-state index in [1.165, 1.54) is 12.7 Å². The summed E-state index contributed by atoms with van der Waals surface area (Å²) in [5.41, 5.74) is 0. The molecule has 0 saturated heterocycles. The highest BCUT2D eigenvalue weighted by atomic mass is 19.1. The predicted molar refractivity (Wildman–Crippen MR) is 26.1 cm³/mol. The third-order valence-electron chi connectivity index (χ3n) is 0.753. The summed E-state index contributed by atoms with van der Waals surface area (Å²) in [5.74, 6) is 0. The van der Waals surface area contributed by atoms with Gasteiger partial charge in [-0.3, -0.25) is 4.79 Å². The zero-order chi connectivity index (χ0) is 6.69. The summed E-state index contributed by atoms with van der Waals surface area (Å²) in [4.78, 5) is 13.3. The van der Waals surface area contributed by atoms with E-state index in [4.69, 9.17) is 0 Å². The Kier molecular flexibility index (Phi) is 1.53. The highest BCUT2D eigenvalue weighted by molar-refractivity contribution is 5.67. The summed E-state index contributed by atoms with van der Waals surface area (Å²) in [7, 11) is 0. The molecule has 0 unspecified atom stereocenters. The molecular weight excluding hydrogens is 125 g/mol. The fourth-order valence-electron chi connectivity index (χ4n) is 0.442. The molecule has 0 fully saturated rings. The van der Waals surface area contributed by atoms with Crippen molar-refractivity contribution in [1.29, 1.82) is 0 Å². The van der Waals surface area contributed by atoms with Crippen molar-refractivity contribution >= 4 is 6.04 Å². The summed E-state index contributed by atoms with van der Waals surface area (Å²) >= 11 is 0. The smallest absolute Gasteiger partial charge is 0.259 e. The second-order valence-electron chi connectivity index (χ2n) is 1.45. The van der Waals surface area contributed by atoms with E-state index in [0.29, 0.717) is 0 Å². The van der Waals surface area contributed by atoms with Crippen molar-refractivity contribution in [2.24, 2.45) is 0 Å². The van der Waals surface area contributed by atoms with Gasteiger partial charge in [-0.1, -0.05) is 0 Å². The minimum atomic E-state index is -1.42. The van der Waals surface area contributed by atoms with Gasteiger partial charge in [-0.15, -0.1) is 0 Å². The molecule has 0 atom stereocenters. The number of nitrogens with zero attached hydrogens (tertiary/aromatic N) is 3. The van der Waals surface area contributed by atoms with Crippen LogP contribution in [0, 0.1) is 0 Å². The van der Waals surface area contributed by atoms with Crippen molar-refractivity contribution in [2.75, 3.05) is 0 Å². The molecule has 0 bridgehead atoms. The Labute approximate surface area is 50.3 Å². The van der Waals surface area contributed by atoms with E-state index in [1.54, 1.807) is 0 Å². The normalized spacial score (nSPS) is 9.44. The van der Waals surface area contributed by atoms with Crippen LogP contribution in [0.4, 0.5) is 4.39 Å². The van der Waals surface area contributed by atoms with E-state index in [9.17, 15) is 9.18 Å². The lowest BCUT2D eigenvalue weighted by atomic mass is 10.7. The minimum Gasteiger partial charge on any atom is -0.259 e. The van der Waals surface area contributed by atoms with Crippen LogP contribution in [-0.2, 0) is 11.3 Å². The van der Waals surface area contributed by atoms with Gasteiger partial charge < -0.3 is 0 Å². The lowest BCUT2D eigenvalue weighted by molar-refractivity contribution is -0.130. The molecule has 5 heteroatoms. The van der Waals surface area contributed by atoms with Crippen LogP contribution >= 0.6 is 0 Å². The molecule has 1 heterocycles. The highest BCUT2D eigenvalue weighted by Crippen LogP contribution is 1.81. The Morgan fingerprint density at radius 1 is 1.78 bits per heavy atom. The van der Waals surface area contributed by atoms with Crippen molar-refractivity contribution < 1.29 is 9.18 Å². The van der Waals surface area contributed by atoms with E-state index in [2.05, 4.69) is 10.1 Å². The topological polar surface area (TPSA) is 47.8 Å². The van der Waals surface area contributed by atoms with E-state index < -0.39 is 6.04 Å². The fourth-order valence-corrected chi connectivity index (χ4v) is 0.442. The first-order valence-electron chi connectivity index (χ1n) is 2.30. The molecule has 4 nitrogen and oxygen atoms in total. The quantitative estimate of drug-likeness (QED) is 0.518. The standard InChI is InChI=1S/C4H4FN3O/c5-4(9)1-8-3-6-2-7-8/h2-3H,1H2. The number of aromatic nitrogens is 3. The molecule has 0 aliphatic heterocycles. The number of halogens is 1. The lowest BCUT2D eigenvalue weighted by Gasteiger charge is -1.88.